The molecular weight excluding hydrogens is 442 g/mol. The molecule has 0 saturated heterocycles. The Balaban J connectivity index is 1.73. The summed E-state index contributed by atoms with van der Waals surface area (Å²) in [5, 5.41) is 19.7. The molecule has 2 aromatic carbocycles. The number of carbonyl (C=O) groups is 1. The fraction of sp³-hybridized carbons (Fsp3) is 0.0417. The minimum Gasteiger partial charge on any atom is -0.507 e. The van der Waals surface area contributed by atoms with Crippen molar-refractivity contribution in [3.8, 4) is 17.6 Å². The third kappa shape index (κ3) is 4.46. The number of aromatic hydroxyl groups is 1. The van der Waals surface area contributed by atoms with Crippen LogP contribution in [0.2, 0.25) is 0 Å². The van der Waals surface area contributed by atoms with Crippen molar-refractivity contribution in [2.45, 2.75) is 11.8 Å². The van der Waals surface area contributed by atoms with Crippen molar-refractivity contribution in [3.63, 3.8) is 0 Å². The highest BCUT2D eigenvalue weighted by molar-refractivity contribution is 7.93. The Morgan fingerprint density at radius 2 is 1.76 bits per heavy atom. The van der Waals surface area contributed by atoms with Gasteiger partial charge in [-0.25, -0.2) is 18.2 Å². The molecule has 9 heteroatoms. The largest absolute Gasteiger partial charge is 0.507 e. The van der Waals surface area contributed by atoms with Gasteiger partial charge in [-0.15, -0.1) is 0 Å². The van der Waals surface area contributed by atoms with Crippen molar-refractivity contribution >= 4 is 32.6 Å². The highest BCUT2D eigenvalue weighted by Crippen LogP contribution is 2.28. The fourth-order valence-corrected chi connectivity index (χ4v) is 4.71. The SMILES string of the molecule is Cc1ccc2cccnc2c1S(=O)(=O)Nc1ccccc1C#Cc1cnc(C(=O)O)cc1O. The number of nitrogens with one attached hydrogen (secondary N) is 1. The first-order valence-corrected chi connectivity index (χ1v) is 11.1. The highest BCUT2D eigenvalue weighted by atomic mass is 32.2. The molecule has 3 N–H and O–H groups in total. The molecule has 0 spiro atoms. The zero-order chi connectivity index (χ0) is 23.6. The molecule has 0 aliphatic heterocycles. The van der Waals surface area contributed by atoms with Crippen LogP contribution >= 0.6 is 0 Å². The zero-order valence-corrected chi connectivity index (χ0v) is 18.1. The van der Waals surface area contributed by atoms with Gasteiger partial charge < -0.3 is 10.2 Å². The summed E-state index contributed by atoms with van der Waals surface area (Å²) in [5.74, 6) is 3.89. The second-order valence-corrected chi connectivity index (χ2v) is 8.70. The molecule has 8 nitrogen and oxygen atoms in total. The summed E-state index contributed by atoms with van der Waals surface area (Å²) < 4.78 is 29.2. The van der Waals surface area contributed by atoms with Crippen LogP contribution < -0.4 is 4.72 Å². The number of aromatic carboxylic acids is 1. The average Bonchev–Trinajstić information content (AvgIpc) is 2.78. The number of aromatic nitrogens is 2. The van der Waals surface area contributed by atoms with Gasteiger partial charge >= 0.3 is 5.97 Å². The molecule has 0 fully saturated rings. The van der Waals surface area contributed by atoms with Crippen molar-refractivity contribution in [2.24, 2.45) is 0 Å². The number of aryl methyl sites for hydroxylation is 1. The molecule has 2 heterocycles. The van der Waals surface area contributed by atoms with Crippen LogP contribution in [0.4, 0.5) is 5.69 Å². The number of nitrogens with zero attached hydrogens (tertiary/aromatic N) is 2. The van der Waals surface area contributed by atoms with Crippen molar-refractivity contribution in [3.05, 3.63) is 89.4 Å². The lowest BCUT2D eigenvalue weighted by molar-refractivity contribution is 0.0690. The van der Waals surface area contributed by atoms with E-state index in [1.54, 1.807) is 49.4 Å². The molecule has 164 valence electrons. The first-order valence-electron chi connectivity index (χ1n) is 9.67. The Morgan fingerprint density at radius 1 is 1.00 bits per heavy atom. The van der Waals surface area contributed by atoms with Gasteiger partial charge in [0.1, 0.15) is 10.6 Å². The van der Waals surface area contributed by atoms with E-state index in [2.05, 4.69) is 26.5 Å². The van der Waals surface area contributed by atoms with E-state index in [0.29, 0.717) is 22.0 Å². The highest BCUT2D eigenvalue weighted by Gasteiger charge is 2.22. The summed E-state index contributed by atoms with van der Waals surface area (Å²) >= 11 is 0. The second-order valence-electron chi connectivity index (χ2n) is 7.08. The first-order chi connectivity index (χ1) is 15.8. The van der Waals surface area contributed by atoms with Crippen LogP contribution in [0, 0.1) is 18.8 Å². The molecule has 4 aromatic rings. The van der Waals surface area contributed by atoms with Crippen LogP contribution in [0.25, 0.3) is 10.9 Å². The molecule has 4 rings (SSSR count). The van der Waals surface area contributed by atoms with Gasteiger partial charge in [0.05, 0.1) is 16.8 Å². The summed E-state index contributed by atoms with van der Waals surface area (Å²) in [7, 11) is -4.01. The Morgan fingerprint density at radius 3 is 2.52 bits per heavy atom. The van der Waals surface area contributed by atoms with Crippen LogP contribution in [0.3, 0.4) is 0 Å². The van der Waals surface area contributed by atoms with E-state index in [1.165, 1.54) is 6.20 Å². The Bertz CT molecular complexity index is 1570. The number of fused-ring (bicyclic) bond motifs is 1. The summed E-state index contributed by atoms with van der Waals surface area (Å²) in [5.41, 5.74) is 1.30. The molecule has 0 bridgehead atoms. The summed E-state index contributed by atoms with van der Waals surface area (Å²) in [6.45, 7) is 1.70. The monoisotopic (exact) mass is 459 g/mol. The summed E-state index contributed by atoms with van der Waals surface area (Å²) in [6.07, 6.45) is 2.68. The molecule has 0 aliphatic rings. The molecular formula is C24H17N3O5S. The van der Waals surface area contributed by atoms with Crippen molar-refractivity contribution in [2.75, 3.05) is 4.72 Å². The number of sulfonamides is 1. The maximum atomic E-state index is 13.3. The number of anilines is 1. The maximum Gasteiger partial charge on any atom is 0.354 e. The zero-order valence-electron chi connectivity index (χ0n) is 17.3. The normalized spacial score (nSPS) is 10.9. The van der Waals surface area contributed by atoms with E-state index >= 15 is 0 Å². The topological polar surface area (TPSA) is 129 Å². The van der Waals surface area contributed by atoms with Crippen molar-refractivity contribution in [1.29, 1.82) is 0 Å². The fourth-order valence-electron chi connectivity index (χ4n) is 3.23. The molecule has 0 radical (unpaired) electrons. The van der Waals surface area contributed by atoms with Crippen LogP contribution in [-0.4, -0.2) is 34.6 Å². The number of hydrogen-bond acceptors (Lipinski definition) is 6. The van der Waals surface area contributed by atoms with Crippen molar-refractivity contribution in [1.82, 2.24) is 9.97 Å². The van der Waals surface area contributed by atoms with Crippen LogP contribution in [0.5, 0.6) is 5.75 Å². The smallest absolute Gasteiger partial charge is 0.354 e. The van der Waals surface area contributed by atoms with Gasteiger partial charge in [-0.05, 0) is 30.7 Å². The van der Waals surface area contributed by atoms with Gasteiger partial charge in [-0.1, -0.05) is 42.2 Å². The number of rotatable bonds is 4. The quantitative estimate of drug-likeness (QED) is 0.398. The standard InChI is InChI=1S/C24H17N3O5S/c1-15-8-9-17-6-4-12-25-22(17)23(15)33(31,32)27-19-7-3-2-5-16(19)10-11-18-14-26-20(24(29)30)13-21(18)28/h2-9,12-14,27H,1H3,(H,26,28)(H,29,30). The lowest BCUT2D eigenvalue weighted by Crippen LogP contribution is -2.16. The third-order valence-electron chi connectivity index (χ3n) is 4.80. The summed E-state index contributed by atoms with van der Waals surface area (Å²) in [4.78, 5) is 19.0. The molecule has 33 heavy (non-hydrogen) atoms. The number of carboxylic acid groups (broad SMARTS) is 1. The molecule has 0 aliphatic carbocycles. The lowest BCUT2D eigenvalue weighted by Gasteiger charge is -2.13. The van der Waals surface area contributed by atoms with Gasteiger partial charge in [0.15, 0.2) is 5.69 Å². The van der Waals surface area contributed by atoms with Crippen LogP contribution in [0.1, 0.15) is 27.2 Å². The van der Waals surface area contributed by atoms with E-state index in [1.807, 2.05) is 6.07 Å². The molecule has 2 aromatic heterocycles. The number of hydrogen-bond donors (Lipinski definition) is 3. The van der Waals surface area contributed by atoms with Gasteiger partial charge in [0, 0.05) is 29.4 Å². The molecule has 0 saturated carbocycles. The van der Waals surface area contributed by atoms with E-state index < -0.39 is 16.0 Å². The Hall–Kier alpha value is -4.42. The number of pyridine rings is 2. The Labute approximate surface area is 189 Å². The molecule has 0 amide bonds. The predicted molar refractivity (Wildman–Crippen MR) is 123 cm³/mol. The third-order valence-corrected chi connectivity index (χ3v) is 6.34. The first kappa shape index (κ1) is 21.8. The minimum atomic E-state index is -4.01. The van der Waals surface area contributed by atoms with Gasteiger partial charge in [-0.2, -0.15) is 0 Å². The van der Waals surface area contributed by atoms with E-state index in [9.17, 15) is 18.3 Å². The van der Waals surface area contributed by atoms with Gasteiger partial charge in [-0.3, -0.25) is 9.71 Å². The average molecular weight is 459 g/mol. The van der Waals surface area contributed by atoms with Gasteiger partial charge in [0.25, 0.3) is 10.0 Å². The van der Waals surface area contributed by atoms with E-state index in [0.717, 1.165) is 12.3 Å². The Kier molecular flexibility index (Phi) is 5.69. The van der Waals surface area contributed by atoms with Crippen LogP contribution in [-0.2, 0) is 10.0 Å². The molecule has 0 atom stereocenters. The van der Waals surface area contributed by atoms with Crippen LogP contribution in [0.15, 0.2) is 71.9 Å². The maximum absolute atomic E-state index is 13.3. The number of carboxylic acids is 1. The predicted octanol–water partition coefficient (Wildman–Crippen LogP) is 3.54. The molecule has 0 unspecified atom stereocenters. The van der Waals surface area contributed by atoms with Crippen molar-refractivity contribution < 1.29 is 23.4 Å². The summed E-state index contributed by atoms with van der Waals surface area (Å²) in [6, 6.07) is 14.6. The van der Waals surface area contributed by atoms with E-state index in [4.69, 9.17) is 5.11 Å². The number of benzene rings is 2. The minimum absolute atomic E-state index is 0.0782. The van der Waals surface area contributed by atoms with E-state index in [-0.39, 0.29) is 27.6 Å². The lowest BCUT2D eigenvalue weighted by atomic mass is 10.1. The van der Waals surface area contributed by atoms with Gasteiger partial charge in [0.2, 0.25) is 0 Å². The second kappa shape index (κ2) is 8.61. The number of para-hydroxylation sites is 1.